The number of anilines is 1. The van der Waals surface area contributed by atoms with Gasteiger partial charge in [0.2, 0.25) is 0 Å². The first kappa shape index (κ1) is 18.9. The van der Waals surface area contributed by atoms with Crippen molar-refractivity contribution in [3.05, 3.63) is 33.3 Å². The second kappa shape index (κ2) is 5.83. The van der Waals surface area contributed by atoms with Crippen molar-refractivity contribution in [3.63, 3.8) is 0 Å². The number of hydrogen-bond acceptors (Lipinski definition) is 3. The fourth-order valence-electron chi connectivity index (χ4n) is 1.37. The molecular formula is C10H4ClF7N2O3. The summed E-state index contributed by atoms with van der Waals surface area (Å²) in [5, 5.41) is 10.8. The van der Waals surface area contributed by atoms with Gasteiger partial charge in [-0.1, -0.05) is 11.6 Å². The van der Waals surface area contributed by atoms with Gasteiger partial charge in [-0.05, 0) is 12.1 Å². The minimum atomic E-state index is -6.57. The Labute approximate surface area is 127 Å². The van der Waals surface area contributed by atoms with Crippen molar-refractivity contribution in [3.8, 4) is 0 Å². The van der Waals surface area contributed by atoms with Crippen LogP contribution in [0.15, 0.2) is 18.2 Å². The summed E-state index contributed by atoms with van der Waals surface area (Å²) in [5.74, 6) is -3.05. The van der Waals surface area contributed by atoms with Gasteiger partial charge >= 0.3 is 18.0 Å². The van der Waals surface area contributed by atoms with Gasteiger partial charge in [0.1, 0.15) is 5.02 Å². The number of nitrogens with one attached hydrogen (secondary N) is 1. The molecule has 0 heterocycles. The van der Waals surface area contributed by atoms with Gasteiger partial charge in [-0.15, -0.1) is 0 Å². The maximum absolute atomic E-state index is 13.4. The maximum atomic E-state index is 13.4. The van der Waals surface area contributed by atoms with E-state index >= 15 is 0 Å². The quantitative estimate of drug-likeness (QED) is 0.497. The molecule has 1 aromatic rings. The van der Waals surface area contributed by atoms with Gasteiger partial charge in [0.15, 0.2) is 0 Å². The molecule has 1 aromatic carbocycles. The molecule has 0 saturated carbocycles. The molecule has 0 aromatic heterocycles. The monoisotopic (exact) mass is 368 g/mol. The van der Waals surface area contributed by atoms with Crippen molar-refractivity contribution in [2.24, 2.45) is 0 Å². The van der Waals surface area contributed by atoms with Crippen molar-refractivity contribution >= 4 is 28.9 Å². The molecule has 0 bridgehead atoms. The lowest BCUT2D eigenvalue weighted by Gasteiger charge is -2.28. The lowest BCUT2D eigenvalue weighted by atomic mass is 10.0. The zero-order valence-electron chi connectivity index (χ0n) is 10.4. The number of hydrogen-bond donors (Lipinski definition) is 1. The van der Waals surface area contributed by atoms with E-state index in [0.29, 0.717) is 18.2 Å². The fraction of sp³-hybridized carbons (Fsp3) is 0.300. The molecule has 0 unspecified atom stereocenters. The Morgan fingerprint density at radius 1 is 1.09 bits per heavy atom. The van der Waals surface area contributed by atoms with Gasteiger partial charge in [-0.3, -0.25) is 14.9 Å². The first-order valence-electron chi connectivity index (χ1n) is 5.29. The number of halogens is 8. The van der Waals surface area contributed by atoms with E-state index in [4.69, 9.17) is 11.6 Å². The van der Waals surface area contributed by atoms with Crippen molar-refractivity contribution in [2.45, 2.75) is 18.0 Å². The van der Waals surface area contributed by atoms with Crippen LogP contribution in [0.4, 0.5) is 42.1 Å². The average Bonchev–Trinajstić information content (AvgIpc) is 2.34. The smallest absolute Gasteiger partial charge is 0.323 e. The van der Waals surface area contributed by atoms with Crippen molar-refractivity contribution < 1.29 is 40.5 Å². The van der Waals surface area contributed by atoms with Crippen LogP contribution in [-0.2, 0) is 4.79 Å². The van der Waals surface area contributed by atoms with Crippen LogP contribution in [0.2, 0.25) is 5.02 Å². The predicted molar refractivity (Wildman–Crippen MR) is 62.7 cm³/mol. The standard InChI is InChI=1S/C10H4ClF7N2O3/c11-5-3-4(1-2-6(5)20(22)23)19-7(21)8(12,9(13,14)15)10(16,17)18/h1-3H,(H,19,21). The number of carbonyl (C=O) groups is 1. The summed E-state index contributed by atoms with van der Waals surface area (Å²) >= 11 is 5.37. The topological polar surface area (TPSA) is 72.2 Å². The number of rotatable bonds is 3. The second-order valence-corrected chi connectivity index (χ2v) is 4.44. The predicted octanol–water partition coefficient (Wildman–Crippen LogP) is 4.02. The molecule has 1 rings (SSSR count). The highest BCUT2D eigenvalue weighted by molar-refractivity contribution is 6.33. The van der Waals surface area contributed by atoms with Crippen LogP contribution >= 0.6 is 11.6 Å². The minimum Gasteiger partial charge on any atom is -0.323 e. The Bertz CT molecular complexity index is 630. The third kappa shape index (κ3) is 3.46. The molecule has 128 valence electrons. The van der Waals surface area contributed by atoms with Crippen molar-refractivity contribution in [1.29, 1.82) is 0 Å². The molecule has 1 amide bonds. The fourth-order valence-corrected chi connectivity index (χ4v) is 1.62. The van der Waals surface area contributed by atoms with Gasteiger partial charge in [-0.25, -0.2) is 4.39 Å². The number of alkyl halides is 7. The van der Waals surface area contributed by atoms with Gasteiger partial charge < -0.3 is 5.32 Å². The highest BCUT2D eigenvalue weighted by Gasteiger charge is 2.77. The molecule has 0 aliphatic heterocycles. The summed E-state index contributed by atoms with van der Waals surface area (Å²) in [6.45, 7) is 0. The summed E-state index contributed by atoms with van der Waals surface area (Å²) in [4.78, 5) is 20.6. The highest BCUT2D eigenvalue weighted by atomic mass is 35.5. The van der Waals surface area contributed by atoms with Gasteiger partial charge in [0.25, 0.3) is 11.6 Å². The van der Waals surface area contributed by atoms with E-state index in [-0.39, 0.29) is 0 Å². The van der Waals surface area contributed by atoms with Crippen LogP contribution in [0.3, 0.4) is 0 Å². The Morgan fingerprint density at radius 2 is 1.57 bits per heavy atom. The molecule has 23 heavy (non-hydrogen) atoms. The number of nitro benzene ring substituents is 1. The second-order valence-electron chi connectivity index (χ2n) is 4.03. The van der Waals surface area contributed by atoms with E-state index in [1.54, 1.807) is 0 Å². The van der Waals surface area contributed by atoms with Crippen LogP contribution in [-0.4, -0.2) is 28.9 Å². The molecule has 5 nitrogen and oxygen atoms in total. The van der Waals surface area contributed by atoms with Crippen LogP contribution in [0, 0.1) is 10.1 Å². The number of amides is 1. The minimum absolute atomic E-state index is 0.505. The molecule has 0 spiro atoms. The molecule has 13 heteroatoms. The molecule has 0 atom stereocenters. The molecule has 0 aliphatic rings. The summed E-state index contributed by atoms with van der Waals surface area (Å²) in [7, 11) is 0. The Morgan fingerprint density at radius 3 is 1.91 bits per heavy atom. The zero-order chi connectivity index (χ0) is 18.2. The van der Waals surface area contributed by atoms with Gasteiger partial charge in [0.05, 0.1) is 4.92 Å². The van der Waals surface area contributed by atoms with E-state index in [1.165, 1.54) is 0 Å². The number of nitrogens with zero attached hydrogens (tertiary/aromatic N) is 1. The summed E-state index contributed by atoms with van der Waals surface area (Å²) in [5.41, 5.74) is -7.67. The molecule has 0 aliphatic carbocycles. The first-order valence-corrected chi connectivity index (χ1v) is 5.67. The van der Waals surface area contributed by atoms with E-state index in [2.05, 4.69) is 0 Å². The lowest BCUT2D eigenvalue weighted by Crippen LogP contribution is -2.60. The van der Waals surface area contributed by atoms with Crippen LogP contribution in [0.1, 0.15) is 0 Å². The molecular weight excluding hydrogens is 365 g/mol. The molecule has 0 radical (unpaired) electrons. The van der Waals surface area contributed by atoms with Gasteiger partial charge in [0, 0.05) is 11.8 Å². The average molecular weight is 369 g/mol. The molecule has 0 fully saturated rings. The SMILES string of the molecule is O=C(Nc1ccc([N+](=O)[O-])c(Cl)c1)C(F)(C(F)(F)F)C(F)(F)F. The first-order chi connectivity index (χ1) is 10.2. The molecule has 1 N–H and O–H groups in total. The summed E-state index contributed by atoms with van der Waals surface area (Å²) in [6.07, 6.45) is -13.1. The van der Waals surface area contributed by atoms with Gasteiger partial charge in [-0.2, -0.15) is 26.3 Å². The number of nitro groups is 1. The third-order valence-corrected chi connectivity index (χ3v) is 2.80. The number of carbonyl (C=O) groups excluding carboxylic acids is 1. The summed E-state index contributed by atoms with van der Waals surface area (Å²) in [6, 6.07) is 1.71. The van der Waals surface area contributed by atoms with E-state index in [9.17, 15) is 45.6 Å². The van der Waals surface area contributed by atoms with Crippen molar-refractivity contribution in [2.75, 3.05) is 5.32 Å². The zero-order valence-corrected chi connectivity index (χ0v) is 11.2. The largest absolute Gasteiger partial charge is 0.441 e. The Balaban J connectivity index is 3.20. The number of benzene rings is 1. The van der Waals surface area contributed by atoms with Crippen LogP contribution in [0.25, 0.3) is 0 Å². The molecule has 0 saturated heterocycles. The Kier molecular flexibility index (Phi) is 4.80. The Hall–Kier alpha value is -2.11. The summed E-state index contributed by atoms with van der Waals surface area (Å²) < 4.78 is 87.4. The lowest BCUT2D eigenvalue weighted by molar-refractivity contribution is -0.384. The van der Waals surface area contributed by atoms with E-state index in [1.807, 2.05) is 0 Å². The van der Waals surface area contributed by atoms with E-state index in [0.717, 1.165) is 5.32 Å². The van der Waals surface area contributed by atoms with Crippen LogP contribution in [0.5, 0.6) is 0 Å². The van der Waals surface area contributed by atoms with E-state index < -0.39 is 45.2 Å². The normalized spacial score (nSPS) is 12.9. The van der Waals surface area contributed by atoms with Crippen molar-refractivity contribution in [1.82, 2.24) is 0 Å². The maximum Gasteiger partial charge on any atom is 0.441 e. The highest BCUT2D eigenvalue weighted by Crippen LogP contribution is 2.46. The van der Waals surface area contributed by atoms with Crippen LogP contribution < -0.4 is 5.32 Å². The third-order valence-electron chi connectivity index (χ3n) is 2.50.